The average molecular weight is 374 g/mol. The Morgan fingerprint density at radius 3 is 2.35 bits per heavy atom. The molecule has 0 saturated heterocycles. The van der Waals surface area contributed by atoms with Gasteiger partial charge in [-0.05, 0) is 43.3 Å². The summed E-state index contributed by atoms with van der Waals surface area (Å²) in [5, 5.41) is 6.71. The Bertz CT molecular complexity index is 712. The fourth-order valence-electron chi connectivity index (χ4n) is 1.81. The predicted molar refractivity (Wildman–Crippen MR) is 94.4 cm³/mol. The van der Waals surface area contributed by atoms with Gasteiger partial charge in [-0.3, -0.25) is 9.59 Å². The molecule has 0 unspecified atom stereocenters. The van der Waals surface area contributed by atoms with Gasteiger partial charge in [0, 0.05) is 21.4 Å². The maximum atomic E-state index is 11.9. The first-order valence-corrected chi connectivity index (χ1v) is 7.78. The molecular weight excluding hydrogens is 358 g/mol. The first-order chi connectivity index (χ1) is 11.0. The van der Waals surface area contributed by atoms with Crippen LogP contribution in [-0.4, -0.2) is 17.5 Å². The van der Waals surface area contributed by atoms with Crippen molar-refractivity contribution in [1.82, 2.24) is 5.43 Å². The number of nitrogens with one attached hydrogen (secondary N) is 2. The number of carbonyl (C=O) groups is 2. The lowest BCUT2D eigenvalue weighted by molar-refractivity contribution is -0.115. The standard InChI is InChI=1S/C17H16BrN3O2/c1-12(20-21-17(23)13-5-3-2-4-6-13)11-16(22)19-15-9-7-14(18)8-10-15/h2-10H,11H2,1H3,(H,19,22)(H,21,23). The lowest BCUT2D eigenvalue weighted by Gasteiger charge is -2.05. The van der Waals surface area contributed by atoms with Gasteiger partial charge in [-0.15, -0.1) is 0 Å². The smallest absolute Gasteiger partial charge is 0.271 e. The highest BCUT2D eigenvalue weighted by molar-refractivity contribution is 9.10. The fraction of sp³-hybridized carbons (Fsp3) is 0.118. The number of carbonyl (C=O) groups excluding carboxylic acids is 2. The van der Waals surface area contributed by atoms with E-state index in [1.165, 1.54) is 0 Å². The molecule has 0 fully saturated rings. The number of benzene rings is 2. The number of rotatable bonds is 5. The second-order valence-corrected chi connectivity index (χ2v) is 5.80. The summed E-state index contributed by atoms with van der Waals surface area (Å²) in [4.78, 5) is 23.7. The summed E-state index contributed by atoms with van der Waals surface area (Å²) in [6.45, 7) is 1.69. The summed E-state index contributed by atoms with van der Waals surface area (Å²) in [6.07, 6.45) is 0.102. The van der Waals surface area contributed by atoms with E-state index in [0.717, 1.165) is 4.47 Å². The van der Waals surface area contributed by atoms with Gasteiger partial charge in [0.2, 0.25) is 5.91 Å². The zero-order chi connectivity index (χ0) is 16.7. The second kappa shape index (κ2) is 8.24. The number of hydrogen-bond acceptors (Lipinski definition) is 3. The van der Waals surface area contributed by atoms with Crippen molar-refractivity contribution in [3.63, 3.8) is 0 Å². The van der Waals surface area contributed by atoms with Crippen LogP contribution in [0.15, 0.2) is 64.2 Å². The number of nitrogens with zero attached hydrogens (tertiary/aromatic N) is 1. The van der Waals surface area contributed by atoms with E-state index < -0.39 is 0 Å². The van der Waals surface area contributed by atoms with E-state index in [0.29, 0.717) is 17.0 Å². The lowest BCUT2D eigenvalue weighted by Crippen LogP contribution is -2.21. The number of anilines is 1. The first kappa shape index (κ1) is 16.9. The fourth-order valence-corrected chi connectivity index (χ4v) is 2.07. The topological polar surface area (TPSA) is 70.6 Å². The summed E-state index contributed by atoms with van der Waals surface area (Å²) >= 11 is 3.33. The van der Waals surface area contributed by atoms with Crippen molar-refractivity contribution in [2.45, 2.75) is 13.3 Å². The molecule has 0 aliphatic rings. The zero-order valence-electron chi connectivity index (χ0n) is 12.5. The van der Waals surface area contributed by atoms with Gasteiger partial charge in [0.1, 0.15) is 0 Å². The van der Waals surface area contributed by atoms with Crippen LogP contribution in [0, 0.1) is 0 Å². The quantitative estimate of drug-likeness (QED) is 0.620. The summed E-state index contributed by atoms with van der Waals surface area (Å²) in [7, 11) is 0. The van der Waals surface area contributed by atoms with Crippen molar-refractivity contribution in [3.05, 3.63) is 64.6 Å². The average Bonchev–Trinajstić information content (AvgIpc) is 2.55. The Hall–Kier alpha value is -2.47. The third kappa shape index (κ3) is 5.67. The van der Waals surface area contributed by atoms with Crippen molar-refractivity contribution in [2.24, 2.45) is 5.10 Å². The molecule has 2 aromatic rings. The van der Waals surface area contributed by atoms with E-state index in [4.69, 9.17) is 0 Å². The Morgan fingerprint density at radius 2 is 1.70 bits per heavy atom. The summed E-state index contributed by atoms with van der Waals surface area (Å²) in [5.74, 6) is -0.499. The zero-order valence-corrected chi connectivity index (χ0v) is 14.1. The van der Waals surface area contributed by atoms with Crippen molar-refractivity contribution < 1.29 is 9.59 Å². The SMILES string of the molecule is CC(CC(=O)Nc1ccc(Br)cc1)=NNC(=O)c1ccccc1. The van der Waals surface area contributed by atoms with Crippen molar-refractivity contribution >= 4 is 39.1 Å². The third-order valence-corrected chi connectivity index (χ3v) is 3.46. The van der Waals surface area contributed by atoms with Crippen LogP contribution in [0.25, 0.3) is 0 Å². The molecule has 2 amide bonds. The van der Waals surface area contributed by atoms with Gasteiger partial charge in [-0.25, -0.2) is 5.43 Å². The number of halogens is 1. The number of hydrazone groups is 1. The molecule has 0 spiro atoms. The maximum Gasteiger partial charge on any atom is 0.271 e. The molecule has 2 rings (SSSR count). The molecule has 6 heteroatoms. The van der Waals surface area contributed by atoms with Crippen molar-refractivity contribution in [2.75, 3.05) is 5.32 Å². The van der Waals surface area contributed by atoms with Crippen molar-refractivity contribution in [3.8, 4) is 0 Å². The van der Waals surface area contributed by atoms with Crippen LogP contribution >= 0.6 is 15.9 Å². The van der Waals surface area contributed by atoms with Gasteiger partial charge in [0.15, 0.2) is 0 Å². The molecule has 2 aromatic carbocycles. The molecule has 0 atom stereocenters. The van der Waals surface area contributed by atoms with Crippen LogP contribution in [0.5, 0.6) is 0 Å². The molecule has 23 heavy (non-hydrogen) atoms. The van der Waals surface area contributed by atoms with Gasteiger partial charge >= 0.3 is 0 Å². The largest absolute Gasteiger partial charge is 0.326 e. The van der Waals surface area contributed by atoms with E-state index in [1.54, 1.807) is 43.3 Å². The van der Waals surface area contributed by atoms with Crippen LogP contribution < -0.4 is 10.7 Å². The predicted octanol–water partition coefficient (Wildman–Crippen LogP) is 3.58. The minimum Gasteiger partial charge on any atom is -0.326 e. The second-order valence-electron chi connectivity index (χ2n) is 4.89. The molecule has 0 radical (unpaired) electrons. The molecule has 0 heterocycles. The molecular formula is C17H16BrN3O2. The first-order valence-electron chi connectivity index (χ1n) is 6.98. The summed E-state index contributed by atoms with van der Waals surface area (Å²) < 4.78 is 0.942. The molecule has 118 valence electrons. The summed E-state index contributed by atoms with van der Waals surface area (Å²) in [6, 6.07) is 16.1. The van der Waals surface area contributed by atoms with Crippen LogP contribution in [0.4, 0.5) is 5.69 Å². The van der Waals surface area contributed by atoms with Crippen LogP contribution in [0.3, 0.4) is 0 Å². The Balaban J connectivity index is 1.85. The summed E-state index contributed by atoms with van der Waals surface area (Å²) in [5.41, 5.74) is 4.18. The Morgan fingerprint density at radius 1 is 1.04 bits per heavy atom. The Kier molecular flexibility index (Phi) is 6.05. The number of hydrogen-bond donors (Lipinski definition) is 2. The normalized spacial score (nSPS) is 11.0. The van der Waals surface area contributed by atoms with E-state index in [2.05, 4.69) is 31.8 Å². The maximum absolute atomic E-state index is 11.9. The molecule has 0 aliphatic heterocycles. The van der Waals surface area contributed by atoms with Gasteiger partial charge in [0.25, 0.3) is 5.91 Å². The van der Waals surface area contributed by atoms with Gasteiger partial charge in [0.05, 0.1) is 6.42 Å². The highest BCUT2D eigenvalue weighted by Gasteiger charge is 2.06. The molecule has 2 N–H and O–H groups in total. The third-order valence-electron chi connectivity index (χ3n) is 2.93. The van der Waals surface area contributed by atoms with E-state index in [1.807, 2.05) is 18.2 Å². The highest BCUT2D eigenvalue weighted by Crippen LogP contribution is 2.14. The van der Waals surface area contributed by atoms with Crippen LogP contribution in [0.1, 0.15) is 23.7 Å². The molecule has 0 saturated carbocycles. The van der Waals surface area contributed by atoms with E-state index >= 15 is 0 Å². The van der Waals surface area contributed by atoms with Crippen LogP contribution in [-0.2, 0) is 4.79 Å². The van der Waals surface area contributed by atoms with E-state index in [-0.39, 0.29) is 18.2 Å². The minimum atomic E-state index is -0.307. The van der Waals surface area contributed by atoms with Crippen LogP contribution in [0.2, 0.25) is 0 Å². The molecule has 5 nitrogen and oxygen atoms in total. The number of amides is 2. The van der Waals surface area contributed by atoms with Crippen molar-refractivity contribution in [1.29, 1.82) is 0 Å². The van der Waals surface area contributed by atoms with E-state index in [9.17, 15) is 9.59 Å². The molecule has 0 aliphatic carbocycles. The molecule has 0 aromatic heterocycles. The van der Waals surface area contributed by atoms with Gasteiger partial charge in [-0.1, -0.05) is 34.1 Å². The molecule has 0 bridgehead atoms. The van der Waals surface area contributed by atoms with Gasteiger partial charge < -0.3 is 5.32 Å². The highest BCUT2D eigenvalue weighted by atomic mass is 79.9. The minimum absolute atomic E-state index is 0.102. The Labute approximate surface area is 142 Å². The monoisotopic (exact) mass is 373 g/mol. The van der Waals surface area contributed by atoms with Gasteiger partial charge in [-0.2, -0.15) is 5.10 Å². The lowest BCUT2D eigenvalue weighted by atomic mass is 10.2.